The van der Waals surface area contributed by atoms with Gasteiger partial charge in [0, 0.05) is 18.8 Å². The molecule has 0 bridgehead atoms. The number of nitrogens with zero attached hydrogens (tertiary/aromatic N) is 2. The van der Waals surface area contributed by atoms with Crippen molar-refractivity contribution in [3.05, 3.63) is 58.6 Å². The van der Waals surface area contributed by atoms with E-state index in [1.165, 1.54) is 0 Å². The molecule has 0 amide bonds. The topological polar surface area (TPSA) is 57.2 Å². The molecule has 1 aromatic heterocycles. The fraction of sp³-hybridized carbons (Fsp3) is 0.300. The van der Waals surface area contributed by atoms with Crippen LogP contribution in [0.1, 0.15) is 41.3 Å². The maximum atomic E-state index is 12.5. The Labute approximate surface area is 143 Å². The van der Waals surface area contributed by atoms with Crippen molar-refractivity contribution < 1.29 is 9.21 Å². The van der Waals surface area contributed by atoms with Crippen LogP contribution in [0, 0.1) is 25.2 Å². The van der Waals surface area contributed by atoms with Crippen molar-refractivity contribution in [2.45, 2.75) is 27.7 Å². The number of benzene rings is 1. The molecule has 2 rings (SSSR count). The number of allylic oxidation sites excluding steroid dienone is 1. The van der Waals surface area contributed by atoms with Gasteiger partial charge in [-0.2, -0.15) is 5.26 Å². The third kappa shape index (κ3) is 3.75. The van der Waals surface area contributed by atoms with E-state index in [2.05, 4.69) is 18.7 Å². The minimum absolute atomic E-state index is 0.106. The van der Waals surface area contributed by atoms with Crippen LogP contribution < -0.4 is 4.90 Å². The Kier molecular flexibility index (Phi) is 5.59. The van der Waals surface area contributed by atoms with E-state index in [4.69, 9.17) is 4.42 Å². The van der Waals surface area contributed by atoms with Gasteiger partial charge in [0.25, 0.3) is 0 Å². The number of furan rings is 1. The van der Waals surface area contributed by atoms with Crippen LogP contribution in [-0.2, 0) is 0 Å². The summed E-state index contributed by atoms with van der Waals surface area (Å²) >= 11 is 0. The second kappa shape index (κ2) is 7.65. The zero-order chi connectivity index (χ0) is 17.7. The van der Waals surface area contributed by atoms with Crippen LogP contribution in [0.3, 0.4) is 0 Å². The van der Waals surface area contributed by atoms with Crippen LogP contribution in [0.5, 0.6) is 0 Å². The van der Waals surface area contributed by atoms with Gasteiger partial charge in [-0.15, -0.1) is 0 Å². The molecule has 0 aliphatic heterocycles. The summed E-state index contributed by atoms with van der Waals surface area (Å²) in [6.07, 6.45) is 1.62. The summed E-state index contributed by atoms with van der Waals surface area (Å²) in [4.78, 5) is 14.8. The SMILES string of the molecule is CCN(CC)c1ccc(C=C(C#N)C(=O)c2cc(C)oc2C)cc1. The molecular formula is C20H22N2O2. The quantitative estimate of drug-likeness (QED) is 0.445. The Balaban J connectivity index is 2.29. The molecule has 0 atom stereocenters. The number of aryl methyl sites for hydroxylation is 2. The predicted molar refractivity (Wildman–Crippen MR) is 96.1 cm³/mol. The molecule has 0 aliphatic rings. The highest BCUT2D eigenvalue weighted by atomic mass is 16.3. The molecule has 1 aromatic carbocycles. The number of hydrogen-bond acceptors (Lipinski definition) is 4. The maximum absolute atomic E-state index is 12.5. The van der Waals surface area contributed by atoms with Crippen molar-refractivity contribution in [1.29, 1.82) is 5.26 Å². The van der Waals surface area contributed by atoms with Crippen LogP contribution in [0.25, 0.3) is 6.08 Å². The van der Waals surface area contributed by atoms with E-state index >= 15 is 0 Å². The highest BCUT2D eigenvalue weighted by Crippen LogP contribution is 2.20. The molecule has 4 heteroatoms. The fourth-order valence-electron chi connectivity index (χ4n) is 2.69. The Hall–Kier alpha value is -2.80. The number of rotatable bonds is 6. The molecule has 0 spiro atoms. The highest BCUT2D eigenvalue weighted by Gasteiger charge is 2.17. The van der Waals surface area contributed by atoms with E-state index in [1.807, 2.05) is 30.3 Å². The van der Waals surface area contributed by atoms with Gasteiger partial charge in [0.1, 0.15) is 23.2 Å². The number of carbonyl (C=O) groups excluding carboxylic acids is 1. The summed E-state index contributed by atoms with van der Waals surface area (Å²) in [5.41, 5.74) is 2.51. The van der Waals surface area contributed by atoms with Gasteiger partial charge in [-0.1, -0.05) is 12.1 Å². The van der Waals surface area contributed by atoms with Crippen LogP contribution in [0.15, 0.2) is 40.3 Å². The van der Waals surface area contributed by atoms with Crippen LogP contribution in [-0.4, -0.2) is 18.9 Å². The van der Waals surface area contributed by atoms with Gasteiger partial charge < -0.3 is 9.32 Å². The van der Waals surface area contributed by atoms with Crippen molar-refractivity contribution in [2.24, 2.45) is 0 Å². The van der Waals surface area contributed by atoms with E-state index in [0.29, 0.717) is 17.1 Å². The Morgan fingerprint density at radius 1 is 1.21 bits per heavy atom. The smallest absolute Gasteiger partial charge is 0.207 e. The van der Waals surface area contributed by atoms with Gasteiger partial charge in [-0.3, -0.25) is 4.79 Å². The van der Waals surface area contributed by atoms with E-state index in [0.717, 1.165) is 24.3 Å². The molecule has 124 valence electrons. The largest absolute Gasteiger partial charge is 0.466 e. The summed E-state index contributed by atoms with van der Waals surface area (Å²) in [7, 11) is 0. The lowest BCUT2D eigenvalue weighted by molar-refractivity contribution is 0.103. The molecule has 0 unspecified atom stereocenters. The lowest BCUT2D eigenvalue weighted by atomic mass is 10.0. The number of ketones is 1. The molecule has 0 N–H and O–H groups in total. The first-order valence-electron chi connectivity index (χ1n) is 8.08. The van der Waals surface area contributed by atoms with E-state index in [-0.39, 0.29) is 11.4 Å². The average Bonchev–Trinajstić information content (AvgIpc) is 2.93. The van der Waals surface area contributed by atoms with E-state index in [1.54, 1.807) is 26.0 Å². The average molecular weight is 322 g/mol. The van der Waals surface area contributed by atoms with E-state index in [9.17, 15) is 10.1 Å². The molecule has 1 heterocycles. The monoisotopic (exact) mass is 322 g/mol. The van der Waals surface area contributed by atoms with Crippen molar-refractivity contribution >= 4 is 17.5 Å². The summed E-state index contributed by atoms with van der Waals surface area (Å²) < 4.78 is 5.38. The zero-order valence-electron chi connectivity index (χ0n) is 14.6. The lowest BCUT2D eigenvalue weighted by Gasteiger charge is -2.20. The first-order valence-corrected chi connectivity index (χ1v) is 8.08. The highest BCUT2D eigenvalue weighted by molar-refractivity contribution is 6.14. The summed E-state index contributed by atoms with van der Waals surface area (Å²) in [6.45, 7) is 9.61. The molecule has 0 radical (unpaired) electrons. The molecule has 0 saturated carbocycles. The molecule has 4 nitrogen and oxygen atoms in total. The molecular weight excluding hydrogens is 300 g/mol. The Morgan fingerprint density at radius 3 is 2.29 bits per heavy atom. The zero-order valence-corrected chi connectivity index (χ0v) is 14.6. The first kappa shape index (κ1) is 17.6. The summed E-state index contributed by atoms with van der Waals surface area (Å²) in [6, 6.07) is 11.5. The number of nitriles is 1. The fourth-order valence-corrected chi connectivity index (χ4v) is 2.69. The van der Waals surface area contributed by atoms with Crippen molar-refractivity contribution in [1.82, 2.24) is 0 Å². The van der Waals surface area contributed by atoms with Gasteiger partial charge in [-0.25, -0.2) is 0 Å². The predicted octanol–water partition coefficient (Wildman–Crippen LogP) is 4.53. The minimum Gasteiger partial charge on any atom is -0.466 e. The van der Waals surface area contributed by atoms with Gasteiger partial charge in [0.05, 0.1) is 5.56 Å². The summed E-state index contributed by atoms with van der Waals surface area (Å²) in [5.74, 6) is 0.895. The molecule has 0 fully saturated rings. The number of carbonyl (C=O) groups is 1. The van der Waals surface area contributed by atoms with Crippen LogP contribution in [0.2, 0.25) is 0 Å². The summed E-state index contributed by atoms with van der Waals surface area (Å²) in [5, 5.41) is 9.36. The van der Waals surface area contributed by atoms with Crippen molar-refractivity contribution in [3.63, 3.8) is 0 Å². The van der Waals surface area contributed by atoms with Crippen molar-refractivity contribution in [3.8, 4) is 6.07 Å². The molecule has 2 aromatic rings. The first-order chi connectivity index (χ1) is 11.5. The third-order valence-corrected chi connectivity index (χ3v) is 3.98. The number of anilines is 1. The normalized spacial score (nSPS) is 11.2. The van der Waals surface area contributed by atoms with Crippen LogP contribution in [0.4, 0.5) is 5.69 Å². The number of hydrogen-bond donors (Lipinski definition) is 0. The van der Waals surface area contributed by atoms with Crippen LogP contribution >= 0.6 is 0 Å². The van der Waals surface area contributed by atoms with E-state index < -0.39 is 0 Å². The second-order valence-corrected chi connectivity index (χ2v) is 5.59. The maximum Gasteiger partial charge on any atom is 0.207 e. The molecule has 0 saturated heterocycles. The minimum atomic E-state index is -0.306. The van der Waals surface area contributed by atoms with Gasteiger partial charge in [0.2, 0.25) is 5.78 Å². The third-order valence-electron chi connectivity index (χ3n) is 3.98. The van der Waals surface area contributed by atoms with Gasteiger partial charge >= 0.3 is 0 Å². The van der Waals surface area contributed by atoms with Gasteiger partial charge in [0.15, 0.2) is 0 Å². The lowest BCUT2D eigenvalue weighted by Crippen LogP contribution is -2.21. The van der Waals surface area contributed by atoms with Crippen molar-refractivity contribution in [2.75, 3.05) is 18.0 Å². The second-order valence-electron chi connectivity index (χ2n) is 5.59. The number of Topliss-reactive ketones (excluding diaryl/α,β-unsaturated/α-hetero) is 1. The standard InChI is InChI=1S/C20H22N2O2/c1-5-22(6-2)18-9-7-16(8-10-18)12-17(13-21)20(23)19-11-14(3)24-15(19)4/h7-12H,5-6H2,1-4H3. The Bertz CT molecular complexity index is 788. The van der Waals surface area contributed by atoms with Gasteiger partial charge in [-0.05, 0) is 57.5 Å². The molecule has 24 heavy (non-hydrogen) atoms. The Morgan fingerprint density at radius 2 is 1.83 bits per heavy atom. The molecule has 0 aliphatic carbocycles.